The summed E-state index contributed by atoms with van der Waals surface area (Å²) in [4.78, 5) is 19.3. The zero-order valence-corrected chi connectivity index (χ0v) is 19.4. The van der Waals surface area contributed by atoms with Crippen LogP contribution in [0.2, 0.25) is 5.02 Å². The van der Waals surface area contributed by atoms with Gasteiger partial charge in [0.25, 0.3) is 0 Å². The summed E-state index contributed by atoms with van der Waals surface area (Å²) in [6, 6.07) is 37.8. The fraction of sp³-hybridized carbons (Fsp3) is 0. The normalized spacial score (nSPS) is 11.0. The topological polar surface area (TPSA) is 51.6 Å². The van der Waals surface area contributed by atoms with Gasteiger partial charge in [0.1, 0.15) is 0 Å². The lowest BCUT2D eigenvalue weighted by atomic mass is 10.1. The van der Waals surface area contributed by atoms with Crippen LogP contribution in [-0.2, 0) is 0 Å². The molecule has 4 nitrogen and oxygen atoms in total. The largest absolute Gasteiger partial charge is 0.248 e. The van der Waals surface area contributed by atoms with Gasteiger partial charge in [-0.2, -0.15) is 0 Å². The molecular weight excluding hydrogens is 452 g/mol. The number of hydrogen-bond acceptors (Lipinski definition) is 4. The molecule has 6 rings (SSSR count). The number of benzene rings is 4. The van der Waals surface area contributed by atoms with Gasteiger partial charge < -0.3 is 0 Å². The Labute approximate surface area is 208 Å². The van der Waals surface area contributed by atoms with Gasteiger partial charge in [-0.05, 0) is 30.3 Å². The van der Waals surface area contributed by atoms with Crippen LogP contribution < -0.4 is 0 Å². The Morgan fingerprint density at radius 1 is 0.429 bits per heavy atom. The summed E-state index contributed by atoms with van der Waals surface area (Å²) in [6.07, 6.45) is 0. The molecule has 0 aliphatic heterocycles. The van der Waals surface area contributed by atoms with Crippen LogP contribution in [0.25, 0.3) is 56.3 Å². The van der Waals surface area contributed by atoms with E-state index in [1.165, 1.54) is 0 Å². The average Bonchev–Trinajstić information content (AvgIpc) is 2.93. The van der Waals surface area contributed by atoms with Gasteiger partial charge in [-0.1, -0.05) is 96.5 Å². The van der Waals surface area contributed by atoms with Gasteiger partial charge in [0, 0.05) is 32.7 Å². The lowest BCUT2D eigenvalue weighted by Gasteiger charge is -2.10. The molecule has 0 bridgehead atoms. The smallest absolute Gasteiger partial charge is 0.164 e. The van der Waals surface area contributed by atoms with Crippen LogP contribution in [0.3, 0.4) is 0 Å². The number of pyridine rings is 1. The molecule has 0 unspecified atom stereocenters. The van der Waals surface area contributed by atoms with Crippen molar-refractivity contribution in [3.8, 4) is 45.4 Å². The van der Waals surface area contributed by atoms with Crippen molar-refractivity contribution in [3.63, 3.8) is 0 Å². The van der Waals surface area contributed by atoms with Crippen LogP contribution >= 0.6 is 11.6 Å². The highest BCUT2D eigenvalue weighted by Gasteiger charge is 2.14. The molecule has 35 heavy (non-hydrogen) atoms. The lowest BCUT2D eigenvalue weighted by molar-refractivity contribution is 1.07. The highest BCUT2D eigenvalue weighted by Crippen LogP contribution is 2.31. The molecule has 0 spiro atoms. The SMILES string of the molecule is Clc1cc(-c2ccc3ccccc3n2)cc(-c2nc(-c3ccccc3)nc(-c3ccccc3)n2)c1. The molecular formula is C30H19ClN4. The number of aromatic nitrogens is 4. The van der Waals surface area contributed by atoms with E-state index in [1.54, 1.807) is 0 Å². The molecule has 0 aliphatic carbocycles. The maximum atomic E-state index is 6.58. The Kier molecular flexibility index (Phi) is 5.49. The molecule has 0 atom stereocenters. The quantitative estimate of drug-likeness (QED) is 0.264. The highest BCUT2D eigenvalue weighted by molar-refractivity contribution is 6.31. The summed E-state index contributed by atoms with van der Waals surface area (Å²) in [7, 11) is 0. The molecule has 2 aromatic heterocycles. The van der Waals surface area contributed by atoms with Crippen molar-refractivity contribution in [2.24, 2.45) is 0 Å². The van der Waals surface area contributed by atoms with Gasteiger partial charge in [0.05, 0.1) is 11.2 Å². The molecule has 0 N–H and O–H groups in total. The molecule has 0 aliphatic rings. The molecule has 0 saturated heterocycles. The van der Waals surface area contributed by atoms with Gasteiger partial charge in [-0.25, -0.2) is 19.9 Å². The fourth-order valence-corrected chi connectivity index (χ4v) is 4.27. The lowest BCUT2D eigenvalue weighted by Crippen LogP contribution is -2.00. The molecule has 0 fully saturated rings. The Hall–Kier alpha value is -4.41. The van der Waals surface area contributed by atoms with Gasteiger partial charge in [-0.3, -0.25) is 0 Å². The monoisotopic (exact) mass is 470 g/mol. The second kappa shape index (κ2) is 9.09. The first-order chi connectivity index (χ1) is 17.2. The number of hydrogen-bond donors (Lipinski definition) is 0. The molecule has 0 saturated carbocycles. The van der Waals surface area contributed by atoms with E-state index < -0.39 is 0 Å². The van der Waals surface area contributed by atoms with Gasteiger partial charge in [0.2, 0.25) is 0 Å². The number of fused-ring (bicyclic) bond motifs is 1. The predicted molar refractivity (Wildman–Crippen MR) is 142 cm³/mol. The molecule has 2 heterocycles. The minimum atomic E-state index is 0.558. The summed E-state index contributed by atoms with van der Waals surface area (Å²) in [5.41, 5.74) is 5.33. The number of nitrogens with zero attached hydrogens (tertiary/aromatic N) is 4. The molecule has 6 aromatic rings. The number of rotatable bonds is 4. The van der Waals surface area contributed by atoms with Crippen molar-refractivity contribution in [1.29, 1.82) is 0 Å². The fourth-order valence-electron chi connectivity index (χ4n) is 4.03. The van der Waals surface area contributed by atoms with E-state index in [1.807, 2.05) is 103 Å². The summed E-state index contributed by atoms with van der Waals surface area (Å²) in [6.45, 7) is 0. The van der Waals surface area contributed by atoms with Gasteiger partial charge in [0.15, 0.2) is 17.5 Å². The summed E-state index contributed by atoms with van der Waals surface area (Å²) in [5, 5.41) is 1.69. The van der Waals surface area contributed by atoms with Crippen molar-refractivity contribution < 1.29 is 0 Å². The van der Waals surface area contributed by atoms with E-state index in [0.29, 0.717) is 22.5 Å². The molecule has 0 amide bonds. The zero-order valence-electron chi connectivity index (χ0n) is 18.6. The molecule has 5 heteroatoms. The van der Waals surface area contributed by atoms with Crippen molar-refractivity contribution >= 4 is 22.5 Å². The van der Waals surface area contributed by atoms with E-state index >= 15 is 0 Å². The van der Waals surface area contributed by atoms with E-state index in [-0.39, 0.29) is 0 Å². The first kappa shape index (κ1) is 21.1. The maximum Gasteiger partial charge on any atom is 0.164 e. The summed E-state index contributed by atoms with van der Waals surface area (Å²) < 4.78 is 0. The minimum absolute atomic E-state index is 0.558. The predicted octanol–water partition coefficient (Wildman–Crippen LogP) is 7.74. The average molecular weight is 471 g/mol. The van der Waals surface area contributed by atoms with Crippen LogP contribution in [0.4, 0.5) is 0 Å². The van der Waals surface area contributed by atoms with Crippen LogP contribution in [0.5, 0.6) is 0 Å². The molecule has 166 valence electrons. The number of para-hydroxylation sites is 1. The second-order valence-corrected chi connectivity index (χ2v) is 8.59. The van der Waals surface area contributed by atoms with Crippen LogP contribution in [-0.4, -0.2) is 19.9 Å². The van der Waals surface area contributed by atoms with Gasteiger partial charge >= 0.3 is 0 Å². The van der Waals surface area contributed by atoms with E-state index in [0.717, 1.165) is 38.9 Å². The Morgan fingerprint density at radius 2 is 0.971 bits per heavy atom. The minimum Gasteiger partial charge on any atom is -0.248 e. The van der Waals surface area contributed by atoms with Crippen molar-refractivity contribution in [2.45, 2.75) is 0 Å². The zero-order chi connectivity index (χ0) is 23.6. The van der Waals surface area contributed by atoms with E-state index in [4.69, 9.17) is 31.5 Å². The third-order valence-corrected chi connectivity index (χ3v) is 5.97. The first-order valence-corrected chi connectivity index (χ1v) is 11.6. The van der Waals surface area contributed by atoms with E-state index in [2.05, 4.69) is 12.1 Å². The second-order valence-electron chi connectivity index (χ2n) is 8.16. The van der Waals surface area contributed by atoms with Crippen LogP contribution in [0, 0.1) is 0 Å². The standard InChI is InChI=1S/C30H19ClN4/c31-25-18-23(27-16-15-20-9-7-8-14-26(20)32-27)17-24(19-25)30-34-28(21-10-3-1-4-11-21)33-29(35-30)22-12-5-2-6-13-22/h1-19H. The Balaban J connectivity index is 1.51. The number of halogens is 1. The first-order valence-electron chi connectivity index (χ1n) is 11.3. The summed E-state index contributed by atoms with van der Waals surface area (Å²) in [5.74, 6) is 1.78. The van der Waals surface area contributed by atoms with Crippen molar-refractivity contribution in [1.82, 2.24) is 19.9 Å². The Morgan fingerprint density at radius 3 is 1.63 bits per heavy atom. The van der Waals surface area contributed by atoms with Crippen molar-refractivity contribution in [2.75, 3.05) is 0 Å². The summed E-state index contributed by atoms with van der Waals surface area (Å²) >= 11 is 6.58. The third-order valence-electron chi connectivity index (χ3n) is 5.75. The van der Waals surface area contributed by atoms with Crippen molar-refractivity contribution in [3.05, 3.63) is 120 Å². The van der Waals surface area contributed by atoms with Gasteiger partial charge in [-0.15, -0.1) is 0 Å². The molecule has 4 aromatic carbocycles. The maximum absolute atomic E-state index is 6.58. The Bertz CT molecular complexity index is 1590. The highest BCUT2D eigenvalue weighted by atomic mass is 35.5. The third kappa shape index (κ3) is 4.39. The van der Waals surface area contributed by atoms with Crippen LogP contribution in [0.1, 0.15) is 0 Å². The van der Waals surface area contributed by atoms with Crippen LogP contribution in [0.15, 0.2) is 115 Å². The molecule has 0 radical (unpaired) electrons. The van der Waals surface area contributed by atoms with E-state index in [9.17, 15) is 0 Å².